The molecule has 0 radical (unpaired) electrons. The Balaban J connectivity index is 0.000000508. The molecule has 0 aromatic heterocycles. The minimum absolute atomic E-state index is 0. The summed E-state index contributed by atoms with van der Waals surface area (Å²) in [5, 5.41) is 0. The van der Waals surface area contributed by atoms with Crippen LogP contribution in [0.15, 0.2) is 126 Å². The van der Waals surface area contributed by atoms with Crippen LogP contribution in [0.2, 0.25) is 0 Å². The Morgan fingerprint density at radius 3 is 1.62 bits per heavy atom. The summed E-state index contributed by atoms with van der Waals surface area (Å²) in [4.78, 5) is -1.42. The van der Waals surface area contributed by atoms with Gasteiger partial charge in [-0.25, -0.2) is 8.42 Å². The van der Waals surface area contributed by atoms with Gasteiger partial charge in [-0.2, -0.15) is 4.72 Å². The van der Waals surface area contributed by atoms with E-state index in [0.29, 0.717) is 5.56 Å². The van der Waals surface area contributed by atoms with E-state index in [1.165, 1.54) is 0 Å². The number of nitrogens with one attached hydrogen (secondary N) is 1. The van der Waals surface area contributed by atoms with Crippen LogP contribution in [0.3, 0.4) is 0 Å². The summed E-state index contributed by atoms with van der Waals surface area (Å²) < 4.78 is 28.7. The van der Waals surface area contributed by atoms with Crippen molar-refractivity contribution in [3.8, 4) is 0 Å². The minimum atomic E-state index is -3.90. The van der Waals surface area contributed by atoms with Gasteiger partial charge in [0.2, 0.25) is 10.0 Å². The Bertz CT molecular complexity index is 1200. The second-order valence-electron chi connectivity index (χ2n) is 7.54. The molecule has 0 amide bonds. The Labute approximate surface area is 220 Å². The molecule has 0 fully saturated rings. The van der Waals surface area contributed by atoms with Crippen molar-refractivity contribution in [2.45, 2.75) is 22.9 Å². The fourth-order valence-corrected chi connectivity index (χ4v) is 5.03. The van der Waals surface area contributed by atoms with Crippen molar-refractivity contribution >= 4 is 21.6 Å². The summed E-state index contributed by atoms with van der Waals surface area (Å²) in [7, 11) is -3.90. The van der Waals surface area contributed by atoms with Crippen LogP contribution in [-0.2, 0) is 34.5 Å². The van der Waals surface area contributed by atoms with Crippen molar-refractivity contribution in [2.24, 2.45) is 5.73 Å². The van der Waals surface area contributed by atoms with E-state index >= 15 is 0 Å². The zero-order chi connectivity index (χ0) is 23.7. The quantitative estimate of drug-likeness (QED) is 0.174. The molecule has 4 aromatic rings. The Hall–Kier alpha value is -2.34. The number of benzene rings is 4. The second-order valence-corrected chi connectivity index (χ2v) is 9.82. The summed E-state index contributed by atoms with van der Waals surface area (Å²) in [5.41, 5.74) is 8.72. The predicted molar refractivity (Wildman–Crippen MR) is 135 cm³/mol. The van der Waals surface area contributed by atoms with Gasteiger partial charge in [-0.15, -0.1) is 0 Å². The topological polar surface area (TPSA) is 72.2 Å². The molecule has 0 unspecified atom stereocenters. The van der Waals surface area contributed by atoms with Crippen LogP contribution in [-0.4, -0.2) is 8.42 Å². The molecule has 0 spiro atoms. The first-order chi connectivity index (χ1) is 15.8. The molecule has 178 valence electrons. The smallest absolute Gasteiger partial charge is 0.242 e. The van der Waals surface area contributed by atoms with Crippen molar-refractivity contribution < 1.29 is 27.9 Å². The van der Waals surface area contributed by atoms with Crippen molar-refractivity contribution in [2.75, 3.05) is 0 Å². The number of sulfonamides is 1. The van der Waals surface area contributed by atoms with E-state index in [0.717, 1.165) is 11.1 Å². The van der Waals surface area contributed by atoms with Crippen molar-refractivity contribution in [1.82, 2.24) is 4.72 Å². The zero-order valence-electron chi connectivity index (χ0n) is 18.7. The standard InChI is InChI=1S/C21H21ClN2O2S.C6H6.Ru/c1-16-12-14-19(15-13-16)27(25,26)24-21(22,18-10-6-3-7-11-18)20(23)17-8-4-2-5-9-17;1-2-4-6-5-3-1;/h2-15,20,24H,23H2,1H3;1-6H;/t20-,21-;;/m0../s1. The van der Waals surface area contributed by atoms with Gasteiger partial charge in [0.15, 0.2) is 5.00 Å². The monoisotopic (exact) mass is 580 g/mol. The Morgan fingerprint density at radius 1 is 0.735 bits per heavy atom. The minimum Gasteiger partial charge on any atom is -0.321 e. The fourth-order valence-electron chi connectivity index (χ4n) is 3.23. The first-order valence-corrected chi connectivity index (χ1v) is 12.3. The molecule has 4 aromatic carbocycles. The number of alkyl halides is 1. The van der Waals surface area contributed by atoms with Crippen molar-refractivity contribution in [3.05, 3.63) is 138 Å². The van der Waals surface area contributed by atoms with E-state index in [9.17, 15) is 8.42 Å². The van der Waals surface area contributed by atoms with Gasteiger partial charge in [0, 0.05) is 19.5 Å². The van der Waals surface area contributed by atoms with E-state index in [2.05, 4.69) is 4.72 Å². The van der Waals surface area contributed by atoms with Crippen LogP contribution in [0.5, 0.6) is 0 Å². The summed E-state index contributed by atoms with van der Waals surface area (Å²) >= 11 is 6.90. The average molecular weight is 580 g/mol. The third kappa shape index (κ3) is 7.33. The number of halogens is 1. The summed E-state index contributed by atoms with van der Waals surface area (Å²) in [6, 6.07) is 35.9. The molecular formula is C27H27ClN2O2RuS. The summed E-state index contributed by atoms with van der Waals surface area (Å²) in [6.07, 6.45) is 0. The largest absolute Gasteiger partial charge is 0.321 e. The molecule has 0 aliphatic heterocycles. The second kappa shape index (κ2) is 12.9. The fraction of sp³-hybridized carbons (Fsp3) is 0.111. The normalized spacial score (nSPS) is 13.4. The Kier molecular flexibility index (Phi) is 10.6. The van der Waals surface area contributed by atoms with Gasteiger partial charge in [0.1, 0.15) is 0 Å². The third-order valence-corrected chi connectivity index (χ3v) is 7.21. The molecule has 0 aliphatic rings. The molecule has 4 rings (SSSR count). The maximum Gasteiger partial charge on any atom is 0.242 e. The molecule has 0 aliphatic carbocycles. The molecule has 3 N–H and O–H groups in total. The van der Waals surface area contributed by atoms with E-state index < -0.39 is 21.1 Å². The number of rotatable bonds is 6. The van der Waals surface area contributed by atoms with Crippen molar-refractivity contribution in [3.63, 3.8) is 0 Å². The first kappa shape index (κ1) is 27.9. The van der Waals surface area contributed by atoms with Crippen LogP contribution >= 0.6 is 11.6 Å². The number of hydrogen-bond acceptors (Lipinski definition) is 3. The molecule has 0 bridgehead atoms. The van der Waals surface area contributed by atoms with Gasteiger partial charge >= 0.3 is 0 Å². The van der Waals surface area contributed by atoms with Crippen LogP contribution in [0.4, 0.5) is 0 Å². The van der Waals surface area contributed by atoms with E-state index in [1.54, 1.807) is 48.5 Å². The zero-order valence-corrected chi connectivity index (χ0v) is 22.0. The van der Waals surface area contributed by atoms with Crippen LogP contribution in [0.25, 0.3) is 0 Å². The van der Waals surface area contributed by atoms with Gasteiger partial charge in [-0.05, 0) is 30.2 Å². The van der Waals surface area contributed by atoms with Crippen LogP contribution in [0, 0.1) is 6.92 Å². The maximum absolute atomic E-state index is 13.0. The molecular weight excluding hydrogens is 553 g/mol. The first-order valence-electron chi connectivity index (χ1n) is 10.5. The molecule has 34 heavy (non-hydrogen) atoms. The van der Waals surface area contributed by atoms with Gasteiger partial charge in [-0.3, -0.25) is 0 Å². The molecule has 0 heterocycles. The molecule has 0 saturated heterocycles. The summed E-state index contributed by atoms with van der Waals surface area (Å²) in [6.45, 7) is 1.89. The van der Waals surface area contributed by atoms with Crippen molar-refractivity contribution in [1.29, 1.82) is 0 Å². The maximum atomic E-state index is 13.0. The van der Waals surface area contributed by atoms with Crippen LogP contribution in [0.1, 0.15) is 22.7 Å². The average Bonchev–Trinajstić information content (AvgIpc) is 2.86. The number of hydrogen-bond donors (Lipinski definition) is 2. The van der Waals surface area contributed by atoms with E-state index in [1.807, 2.05) is 79.7 Å². The third-order valence-electron chi connectivity index (χ3n) is 5.06. The molecule has 7 heteroatoms. The Morgan fingerprint density at radius 2 is 1.15 bits per heavy atom. The van der Waals surface area contributed by atoms with Crippen LogP contribution < -0.4 is 10.5 Å². The SMILES string of the molecule is Cc1ccc(S(=O)(=O)N[C@@](Cl)(c2ccccc2)[C@@H](N)c2ccccc2)cc1.[Ru].c1ccccc1. The van der Waals surface area contributed by atoms with E-state index in [-0.39, 0.29) is 24.4 Å². The number of aryl methyl sites for hydroxylation is 1. The van der Waals surface area contributed by atoms with Gasteiger partial charge < -0.3 is 5.73 Å². The van der Waals surface area contributed by atoms with Gasteiger partial charge in [0.25, 0.3) is 0 Å². The molecule has 0 saturated carbocycles. The summed E-state index contributed by atoms with van der Waals surface area (Å²) in [5.74, 6) is 0. The van der Waals surface area contributed by atoms with Gasteiger partial charge in [-0.1, -0.05) is 126 Å². The van der Waals surface area contributed by atoms with Gasteiger partial charge in [0.05, 0.1) is 10.9 Å². The van der Waals surface area contributed by atoms with E-state index in [4.69, 9.17) is 17.3 Å². The molecule has 2 atom stereocenters. The number of nitrogens with two attached hydrogens (primary N) is 1. The predicted octanol–water partition coefficient (Wildman–Crippen LogP) is 5.75. The molecule has 4 nitrogen and oxygen atoms in total.